The Bertz CT molecular complexity index is 1290. The number of benzene rings is 2. The van der Waals surface area contributed by atoms with Crippen molar-refractivity contribution in [2.75, 3.05) is 30.4 Å². The summed E-state index contributed by atoms with van der Waals surface area (Å²) in [4.78, 5) is 41.6. The summed E-state index contributed by atoms with van der Waals surface area (Å²) in [5.41, 5.74) is 4.43. The van der Waals surface area contributed by atoms with Gasteiger partial charge in [-0.2, -0.15) is 0 Å². The van der Waals surface area contributed by atoms with E-state index in [4.69, 9.17) is 4.74 Å². The monoisotopic (exact) mass is 560 g/mol. The first-order valence-electron chi connectivity index (χ1n) is 15.0. The fraction of sp³-hybridized carbons (Fsp3) is 0.545. The Morgan fingerprint density at radius 2 is 1.61 bits per heavy atom. The summed E-state index contributed by atoms with van der Waals surface area (Å²) in [5.74, 6) is 1.01. The molecule has 3 aliphatic rings. The number of hydrogen-bond donors (Lipinski definition) is 2. The molecule has 220 valence electrons. The minimum atomic E-state index is -0.505. The van der Waals surface area contributed by atoms with Crippen molar-refractivity contribution in [1.29, 1.82) is 0 Å². The summed E-state index contributed by atoms with van der Waals surface area (Å²) in [6, 6.07) is 14.3. The van der Waals surface area contributed by atoms with Crippen LogP contribution in [0.3, 0.4) is 0 Å². The van der Waals surface area contributed by atoms with E-state index in [1.165, 1.54) is 5.56 Å². The number of carbonyl (C=O) groups excluding carboxylic acids is 3. The highest BCUT2D eigenvalue weighted by atomic mass is 16.6. The van der Waals surface area contributed by atoms with E-state index in [2.05, 4.69) is 35.8 Å². The van der Waals surface area contributed by atoms with E-state index in [-0.39, 0.29) is 35.9 Å². The molecule has 5 rings (SSSR count). The van der Waals surface area contributed by atoms with Crippen molar-refractivity contribution in [3.05, 3.63) is 59.2 Å². The van der Waals surface area contributed by atoms with Crippen molar-refractivity contribution in [2.24, 2.45) is 11.8 Å². The standard InChI is InChI=1S/C33H44N4O4/c1-20-29(35-26-12-9-24(10-13-26)31(39)34-6)27-19-25(11-14-28(27)37(21(2)38)30(20)23-7-8-23)22-15-17-36(18-16-22)32(40)41-33(3,4)5/h9-14,19-20,22-23,29-30,35H,7-8,15-18H2,1-6H3,(H,34,39)/t20-,29-,30-/m1/s1. The van der Waals surface area contributed by atoms with Gasteiger partial charge in [0, 0.05) is 56.0 Å². The number of piperidine rings is 1. The number of rotatable bonds is 5. The molecular formula is C33H44N4O4. The summed E-state index contributed by atoms with van der Waals surface area (Å²) < 4.78 is 5.59. The first kappa shape index (κ1) is 29.0. The number of ether oxygens (including phenoxy) is 1. The van der Waals surface area contributed by atoms with Gasteiger partial charge in [-0.25, -0.2) is 4.79 Å². The summed E-state index contributed by atoms with van der Waals surface area (Å²) in [6.07, 6.45) is 3.79. The van der Waals surface area contributed by atoms with Gasteiger partial charge in [0.05, 0.1) is 6.04 Å². The van der Waals surface area contributed by atoms with Crippen LogP contribution in [0, 0.1) is 11.8 Å². The summed E-state index contributed by atoms with van der Waals surface area (Å²) in [7, 11) is 1.63. The Kier molecular flexibility index (Phi) is 8.04. The van der Waals surface area contributed by atoms with E-state index in [0.29, 0.717) is 30.5 Å². The average molecular weight is 561 g/mol. The Morgan fingerprint density at radius 3 is 2.17 bits per heavy atom. The first-order valence-corrected chi connectivity index (χ1v) is 15.0. The van der Waals surface area contributed by atoms with Gasteiger partial charge in [-0.15, -0.1) is 0 Å². The number of nitrogens with one attached hydrogen (secondary N) is 2. The number of hydrogen-bond acceptors (Lipinski definition) is 5. The molecule has 1 saturated heterocycles. The fourth-order valence-corrected chi connectivity index (χ4v) is 6.60. The molecule has 2 aliphatic heterocycles. The van der Waals surface area contributed by atoms with Crippen LogP contribution in [0.25, 0.3) is 0 Å². The molecule has 2 aromatic carbocycles. The van der Waals surface area contributed by atoms with Crippen molar-refractivity contribution >= 4 is 29.3 Å². The van der Waals surface area contributed by atoms with Crippen molar-refractivity contribution in [2.45, 2.75) is 83.9 Å². The molecule has 0 radical (unpaired) electrons. The average Bonchev–Trinajstić information content (AvgIpc) is 3.78. The van der Waals surface area contributed by atoms with E-state index in [1.807, 2.05) is 54.8 Å². The predicted molar refractivity (Wildman–Crippen MR) is 161 cm³/mol. The molecule has 2 fully saturated rings. The van der Waals surface area contributed by atoms with Crippen LogP contribution in [0.1, 0.15) is 93.7 Å². The van der Waals surface area contributed by atoms with Crippen LogP contribution >= 0.6 is 0 Å². The van der Waals surface area contributed by atoms with Crippen LogP contribution in [0.5, 0.6) is 0 Å². The van der Waals surface area contributed by atoms with Crippen LogP contribution < -0.4 is 15.5 Å². The maximum atomic E-state index is 13.0. The topological polar surface area (TPSA) is 91.0 Å². The summed E-state index contributed by atoms with van der Waals surface area (Å²) in [6.45, 7) is 10.9. The predicted octanol–water partition coefficient (Wildman–Crippen LogP) is 6.10. The van der Waals surface area contributed by atoms with Gasteiger partial charge in [0.25, 0.3) is 5.91 Å². The molecule has 1 saturated carbocycles. The third-order valence-corrected chi connectivity index (χ3v) is 8.77. The molecule has 2 heterocycles. The Morgan fingerprint density at radius 1 is 0.951 bits per heavy atom. The lowest BCUT2D eigenvalue weighted by molar-refractivity contribution is -0.117. The maximum absolute atomic E-state index is 13.0. The van der Waals surface area contributed by atoms with Crippen LogP contribution in [-0.4, -0.2) is 54.6 Å². The molecule has 3 atom stereocenters. The minimum Gasteiger partial charge on any atom is -0.444 e. The highest BCUT2D eigenvalue weighted by Crippen LogP contribution is 2.50. The Balaban J connectivity index is 1.43. The van der Waals surface area contributed by atoms with Crippen molar-refractivity contribution in [3.63, 3.8) is 0 Å². The quantitative estimate of drug-likeness (QED) is 0.462. The molecule has 41 heavy (non-hydrogen) atoms. The number of nitrogens with zero attached hydrogens (tertiary/aromatic N) is 2. The molecule has 2 aromatic rings. The number of fused-ring (bicyclic) bond motifs is 1. The largest absolute Gasteiger partial charge is 0.444 e. The summed E-state index contributed by atoms with van der Waals surface area (Å²) >= 11 is 0. The molecule has 0 bridgehead atoms. The van der Waals surface area contributed by atoms with Crippen molar-refractivity contribution < 1.29 is 19.1 Å². The minimum absolute atomic E-state index is 0.0128. The molecule has 0 unspecified atom stereocenters. The smallest absolute Gasteiger partial charge is 0.410 e. The van der Waals surface area contributed by atoms with Gasteiger partial charge >= 0.3 is 6.09 Å². The van der Waals surface area contributed by atoms with E-state index in [0.717, 1.165) is 42.6 Å². The highest BCUT2D eigenvalue weighted by molar-refractivity contribution is 5.95. The van der Waals surface area contributed by atoms with Crippen molar-refractivity contribution in [3.8, 4) is 0 Å². The van der Waals surface area contributed by atoms with E-state index in [9.17, 15) is 14.4 Å². The highest BCUT2D eigenvalue weighted by Gasteiger charge is 2.47. The normalized spacial score (nSPS) is 23.0. The van der Waals surface area contributed by atoms with Crippen LogP contribution in [-0.2, 0) is 9.53 Å². The Hall–Kier alpha value is -3.55. The lowest BCUT2D eigenvalue weighted by atomic mass is 9.78. The van der Waals surface area contributed by atoms with Gasteiger partial charge in [-0.3, -0.25) is 9.59 Å². The van der Waals surface area contributed by atoms with Crippen LogP contribution in [0.15, 0.2) is 42.5 Å². The molecular weight excluding hydrogens is 516 g/mol. The van der Waals surface area contributed by atoms with Gasteiger partial charge in [0.1, 0.15) is 5.60 Å². The van der Waals surface area contributed by atoms with Gasteiger partial charge < -0.3 is 25.2 Å². The molecule has 1 aliphatic carbocycles. The second kappa shape index (κ2) is 11.4. The zero-order chi connectivity index (χ0) is 29.5. The number of amides is 3. The van der Waals surface area contributed by atoms with E-state index < -0.39 is 5.60 Å². The maximum Gasteiger partial charge on any atom is 0.410 e. The van der Waals surface area contributed by atoms with Gasteiger partial charge in [0.15, 0.2) is 0 Å². The zero-order valence-corrected chi connectivity index (χ0v) is 25.2. The first-order chi connectivity index (χ1) is 19.5. The molecule has 8 nitrogen and oxygen atoms in total. The van der Waals surface area contributed by atoms with Gasteiger partial charge in [-0.1, -0.05) is 19.1 Å². The summed E-state index contributed by atoms with van der Waals surface area (Å²) in [5, 5.41) is 6.45. The third-order valence-electron chi connectivity index (χ3n) is 8.77. The van der Waals surface area contributed by atoms with Crippen molar-refractivity contribution in [1.82, 2.24) is 10.2 Å². The SMILES string of the molecule is CNC(=O)c1ccc(N[C@H]2c3cc(C4CCN(C(=O)OC(C)(C)C)CC4)ccc3N(C(C)=O)[C@@H](C3CC3)[C@@H]2C)cc1. The fourth-order valence-electron chi connectivity index (χ4n) is 6.60. The molecule has 2 N–H and O–H groups in total. The molecule has 8 heteroatoms. The Labute approximate surface area is 243 Å². The zero-order valence-electron chi connectivity index (χ0n) is 25.2. The van der Waals surface area contributed by atoms with E-state index in [1.54, 1.807) is 14.0 Å². The second-order valence-corrected chi connectivity index (χ2v) is 12.9. The lowest BCUT2D eigenvalue weighted by Gasteiger charge is -2.46. The molecule has 3 amide bonds. The van der Waals surface area contributed by atoms with E-state index >= 15 is 0 Å². The number of carbonyl (C=O) groups is 3. The second-order valence-electron chi connectivity index (χ2n) is 12.9. The van der Waals surface area contributed by atoms with Gasteiger partial charge in [-0.05, 0) is 99.7 Å². The van der Waals surface area contributed by atoms with Crippen LogP contribution in [0.4, 0.5) is 16.2 Å². The molecule has 0 aromatic heterocycles. The number of likely N-dealkylation sites (tertiary alicyclic amines) is 1. The lowest BCUT2D eigenvalue weighted by Crippen LogP contribution is -2.51. The number of anilines is 2. The van der Waals surface area contributed by atoms with Gasteiger partial charge in [0.2, 0.25) is 5.91 Å². The molecule has 0 spiro atoms. The third kappa shape index (κ3) is 6.21. The van der Waals surface area contributed by atoms with Crippen LogP contribution in [0.2, 0.25) is 0 Å².